The molecule has 0 aliphatic carbocycles. The van der Waals surface area contributed by atoms with Crippen LogP contribution >= 0.6 is 0 Å². The number of carbonyl (C=O) groups excluding carboxylic acids is 3. The second-order valence-electron chi connectivity index (χ2n) is 9.61. The Labute approximate surface area is 208 Å². The molecule has 7 nitrogen and oxygen atoms in total. The van der Waals surface area contributed by atoms with Crippen molar-refractivity contribution in [3.05, 3.63) is 101 Å². The number of imide groups is 1. The lowest BCUT2D eigenvalue weighted by molar-refractivity contribution is -0.125. The number of benzene rings is 3. The van der Waals surface area contributed by atoms with Gasteiger partial charge in [0.15, 0.2) is 5.54 Å². The van der Waals surface area contributed by atoms with Crippen LogP contribution in [0.15, 0.2) is 72.8 Å². The summed E-state index contributed by atoms with van der Waals surface area (Å²) in [6.07, 6.45) is 0.653. The molecule has 4 aromatic rings. The van der Waals surface area contributed by atoms with Gasteiger partial charge in [0.2, 0.25) is 0 Å². The van der Waals surface area contributed by atoms with Crippen LogP contribution < -0.4 is 10.2 Å². The third-order valence-corrected chi connectivity index (χ3v) is 7.43. The van der Waals surface area contributed by atoms with Crippen molar-refractivity contribution in [1.82, 2.24) is 15.2 Å². The molecule has 2 N–H and O–H groups in total. The second kappa shape index (κ2) is 8.09. The first-order valence-electron chi connectivity index (χ1n) is 12.1. The molecule has 0 radical (unpaired) electrons. The fourth-order valence-electron chi connectivity index (χ4n) is 5.45. The Kier molecular flexibility index (Phi) is 4.96. The lowest BCUT2D eigenvalue weighted by Crippen LogP contribution is -2.49. The maximum Gasteiger partial charge on any atom is 0.332 e. The molecule has 1 fully saturated rings. The molecule has 7 heteroatoms. The standard InChI is InChI=1S/C29H26N4O3/c1-18-11-13-19(14-12-18)17-30-26(34)22-8-4-6-10-24(22)33-27(35)29(2)25-21(15-16-32(29)28(33)36)20-7-3-5-9-23(20)31-25/h3-14,31H,15-17H2,1-2H3,(H,30,34)/t29-/m0/s1. The van der Waals surface area contributed by atoms with Crippen LogP contribution in [0.25, 0.3) is 10.9 Å². The summed E-state index contributed by atoms with van der Waals surface area (Å²) in [5.41, 5.74) is 4.28. The number of carbonyl (C=O) groups is 3. The number of hydrogen-bond donors (Lipinski definition) is 2. The van der Waals surface area contributed by atoms with Gasteiger partial charge < -0.3 is 15.2 Å². The molecule has 180 valence electrons. The van der Waals surface area contributed by atoms with E-state index in [1.165, 1.54) is 4.90 Å². The van der Waals surface area contributed by atoms with Crippen molar-refractivity contribution in [2.24, 2.45) is 0 Å². The summed E-state index contributed by atoms with van der Waals surface area (Å²) >= 11 is 0. The van der Waals surface area contributed by atoms with Crippen molar-refractivity contribution in [2.75, 3.05) is 11.4 Å². The Hall–Kier alpha value is -4.39. The van der Waals surface area contributed by atoms with Crippen LogP contribution in [0.3, 0.4) is 0 Å². The lowest BCUT2D eigenvalue weighted by Gasteiger charge is -2.35. The van der Waals surface area contributed by atoms with E-state index in [1.54, 1.807) is 36.1 Å². The molecule has 3 aromatic carbocycles. The van der Waals surface area contributed by atoms with Crippen LogP contribution in [0, 0.1) is 6.92 Å². The highest BCUT2D eigenvalue weighted by atomic mass is 16.2. The van der Waals surface area contributed by atoms with Crippen molar-refractivity contribution in [1.29, 1.82) is 0 Å². The minimum Gasteiger partial charge on any atom is -0.356 e. The zero-order chi connectivity index (χ0) is 25.0. The number of aromatic amines is 1. The molecular weight excluding hydrogens is 452 g/mol. The highest BCUT2D eigenvalue weighted by Crippen LogP contribution is 2.45. The summed E-state index contributed by atoms with van der Waals surface area (Å²) in [5.74, 6) is -0.702. The van der Waals surface area contributed by atoms with E-state index in [9.17, 15) is 14.4 Å². The van der Waals surface area contributed by atoms with Gasteiger partial charge in [0.25, 0.3) is 11.8 Å². The summed E-state index contributed by atoms with van der Waals surface area (Å²) < 4.78 is 0. The topological polar surface area (TPSA) is 85.5 Å². The molecule has 4 amide bonds. The average Bonchev–Trinajstić information content (AvgIpc) is 3.37. The smallest absolute Gasteiger partial charge is 0.332 e. The SMILES string of the molecule is Cc1ccc(CNC(=O)c2ccccc2N2C(=O)N3CCc4c([nH]c5ccccc45)[C@@]3(C)C2=O)cc1. The molecular formula is C29H26N4O3. The number of aromatic nitrogens is 1. The van der Waals surface area contributed by atoms with E-state index in [4.69, 9.17) is 0 Å². The molecule has 3 heterocycles. The summed E-state index contributed by atoms with van der Waals surface area (Å²) in [4.78, 5) is 47.1. The maximum atomic E-state index is 14.0. The van der Waals surface area contributed by atoms with Gasteiger partial charge >= 0.3 is 6.03 Å². The Morgan fingerprint density at radius 1 is 1.00 bits per heavy atom. The van der Waals surface area contributed by atoms with Gasteiger partial charge in [-0.25, -0.2) is 9.69 Å². The average molecular weight is 479 g/mol. The Morgan fingerprint density at radius 2 is 1.72 bits per heavy atom. The summed E-state index contributed by atoms with van der Waals surface area (Å²) in [6, 6.07) is 22.2. The van der Waals surface area contributed by atoms with Crippen LogP contribution in [0.1, 0.15) is 39.7 Å². The Morgan fingerprint density at radius 3 is 2.53 bits per heavy atom. The number of hydrogen-bond acceptors (Lipinski definition) is 3. The van der Waals surface area contributed by atoms with E-state index >= 15 is 0 Å². The lowest BCUT2D eigenvalue weighted by atomic mass is 9.87. The quantitative estimate of drug-likeness (QED) is 0.419. The molecule has 0 bridgehead atoms. The number of nitrogens with one attached hydrogen (secondary N) is 2. The molecule has 0 spiro atoms. The minimum absolute atomic E-state index is 0.284. The first-order chi connectivity index (χ1) is 17.4. The second-order valence-corrected chi connectivity index (χ2v) is 9.61. The van der Waals surface area contributed by atoms with E-state index in [-0.39, 0.29) is 17.4 Å². The Bertz CT molecular complexity index is 1540. The number of rotatable bonds is 4. The highest BCUT2D eigenvalue weighted by Gasteiger charge is 2.59. The van der Waals surface area contributed by atoms with Crippen molar-refractivity contribution in [2.45, 2.75) is 32.4 Å². The van der Waals surface area contributed by atoms with Gasteiger partial charge in [-0.2, -0.15) is 0 Å². The van der Waals surface area contributed by atoms with Crippen LogP contribution in [0.5, 0.6) is 0 Å². The maximum absolute atomic E-state index is 14.0. The number of fused-ring (bicyclic) bond motifs is 5. The molecule has 1 saturated heterocycles. The van der Waals surface area contributed by atoms with Gasteiger partial charge in [0.05, 0.1) is 16.9 Å². The summed E-state index contributed by atoms with van der Waals surface area (Å²) in [7, 11) is 0. The monoisotopic (exact) mass is 478 g/mol. The van der Waals surface area contributed by atoms with Crippen LogP contribution in [-0.2, 0) is 23.3 Å². The molecule has 0 saturated carbocycles. The predicted octanol–water partition coefficient (Wildman–Crippen LogP) is 4.65. The predicted molar refractivity (Wildman–Crippen MR) is 138 cm³/mol. The zero-order valence-electron chi connectivity index (χ0n) is 20.2. The normalized spacial score (nSPS) is 18.9. The highest BCUT2D eigenvalue weighted by molar-refractivity contribution is 6.25. The van der Waals surface area contributed by atoms with Gasteiger partial charge in [-0.05, 0) is 49.6 Å². The summed E-state index contributed by atoms with van der Waals surface area (Å²) in [5, 5.41) is 4.00. The van der Waals surface area contributed by atoms with E-state index < -0.39 is 11.6 Å². The van der Waals surface area contributed by atoms with E-state index in [2.05, 4.69) is 10.3 Å². The molecule has 2 aliphatic heterocycles. The minimum atomic E-state index is -1.17. The molecule has 6 rings (SSSR count). The van der Waals surface area contributed by atoms with Crippen molar-refractivity contribution >= 4 is 34.4 Å². The van der Waals surface area contributed by atoms with Gasteiger partial charge in [0, 0.05) is 24.0 Å². The molecule has 36 heavy (non-hydrogen) atoms. The fourth-order valence-corrected chi connectivity index (χ4v) is 5.45. The Balaban J connectivity index is 1.35. The van der Waals surface area contributed by atoms with Crippen molar-refractivity contribution in [3.8, 4) is 0 Å². The van der Waals surface area contributed by atoms with Gasteiger partial charge in [-0.1, -0.05) is 60.2 Å². The third-order valence-electron chi connectivity index (χ3n) is 7.43. The van der Waals surface area contributed by atoms with E-state index in [0.29, 0.717) is 25.2 Å². The third kappa shape index (κ3) is 3.16. The fraction of sp³-hybridized carbons (Fsp3) is 0.207. The van der Waals surface area contributed by atoms with Crippen molar-refractivity contribution < 1.29 is 14.4 Å². The first-order valence-corrected chi connectivity index (χ1v) is 12.1. The number of nitrogens with zero attached hydrogens (tertiary/aromatic N) is 2. The van der Waals surface area contributed by atoms with Crippen LogP contribution in [0.4, 0.5) is 10.5 Å². The van der Waals surface area contributed by atoms with Crippen molar-refractivity contribution in [3.63, 3.8) is 0 Å². The van der Waals surface area contributed by atoms with Gasteiger partial charge in [0.1, 0.15) is 0 Å². The number of para-hydroxylation sites is 2. The number of amides is 4. The molecule has 1 aromatic heterocycles. The largest absolute Gasteiger partial charge is 0.356 e. The van der Waals surface area contributed by atoms with E-state index in [1.807, 2.05) is 55.5 Å². The van der Waals surface area contributed by atoms with Gasteiger partial charge in [-0.15, -0.1) is 0 Å². The van der Waals surface area contributed by atoms with Crippen LogP contribution in [0.2, 0.25) is 0 Å². The molecule has 2 aliphatic rings. The van der Waals surface area contributed by atoms with Gasteiger partial charge in [-0.3, -0.25) is 9.59 Å². The first kappa shape index (κ1) is 22.1. The number of anilines is 1. The number of aryl methyl sites for hydroxylation is 1. The number of H-pyrrole nitrogens is 1. The number of urea groups is 1. The molecule has 1 atom stereocenters. The zero-order valence-corrected chi connectivity index (χ0v) is 20.2. The molecule has 0 unspecified atom stereocenters. The summed E-state index contributed by atoms with van der Waals surface area (Å²) in [6.45, 7) is 4.57. The van der Waals surface area contributed by atoms with Crippen LogP contribution in [-0.4, -0.2) is 34.3 Å². The van der Waals surface area contributed by atoms with E-state index in [0.717, 1.165) is 33.3 Å².